The Morgan fingerprint density at radius 3 is 1.43 bits per heavy atom. The molecule has 3 aliphatic heterocycles. The minimum absolute atomic E-state index is 0.233. The Kier molecular flexibility index (Phi) is 32.1. The third-order valence-electron chi connectivity index (χ3n) is 13.2. The van der Waals surface area contributed by atoms with Gasteiger partial charge in [0.25, 0.3) is 0 Å². The summed E-state index contributed by atoms with van der Waals surface area (Å²) in [7, 11) is 0. The number of carbonyl (C=O) groups is 1. The van der Waals surface area contributed by atoms with Gasteiger partial charge in [-0.05, 0) is 44.9 Å². The topological polar surface area (TPSA) is 307 Å². The van der Waals surface area contributed by atoms with Gasteiger partial charge in [0.2, 0.25) is 5.91 Å². The summed E-state index contributed by atoms with van der Waals surface area (Å²) in [5, 5.41) is 119. The maximum Gasteiger partial charge on any atom is 0.220 e. The number of aliphatic hydroxyl groups excluding tert-OH is 11. The summed E-state index contributed by atoms with van der Waals surface area (Å²) in [6.45, 7) is 1.62. The number of unbranched alkanes of at least 4 members (excludes halogenated alkanes) is 16. The van der Waals surface area contributed by atoms with Crippen molar-refractivity contribution in [3.8, 4) is 0 Å². The molecule has 3 rings (SSSR count). The summed E-state index contributed by atoms with van der Waals surface area (Å²) < 4.78 is 34.1. The fourth-order valence-electron chi connectivity index (χ4n) is 8.75. The normalized spacial score (nSPS) is 32.8. The molecule has 19 heteroatoms. The van der Waals surface area contributed by atoms with Crippen LogP contribution in [-0.2, 0) is 33.2 Å². The molecule has 19 nitrogen and oxygen atoms in total. The van der Waals surface area contributed by atoms with Crippen molar-refractivity contribution in [1.82, 2.24) is 5.32 Å². The Hall–Kier alpha value is -1.99. The predicted molar refractivity (Wildman–Crippen MR) is 259 cm³/mol. The molecule has 17 unspecified atom stereocenters. The maximum atomic E-state index is 13.2. The molecule has 408 valence electrons. The van der Waals surface area contributed by atoms with Crippen molar-refractivity contribution < 1.29 is 89.4 Å². The molecule has 17 atom stereocenters. The quantitative estimate of drug-likeness (QED) is 0.0316. The van der Waals surface area contributed by atoms with Gasteiger partial charge in [0.15, 0.2) is 18.9 Å². The van der Waals surface area contributed by atoms with E-state index in [2.05, 4.69) is 43.5 Å². The first kappa shape index (κ1) is 62.3. The van der Waals surface area contributed by atoms with Gasteiger partial charge in [-0.1, -0.05) is 134 Å². The molecule has 0 radical (unpaired) electrons. The molecule has 0 saturated carbocycles. The van der Waals surface area contributed by atoms with Crippen molar-refractivity contribution in [3.05, 3.63) is 36.5 Å². The van der Waals surface area contributed by atoms with Crippen LogP contribution in [0.5, 0.6) is 0 Å². The molecule has 0 aromatic rings. The fourth-order valence-corrected chi connectivity index (χ4v) is 8.75. The van der Waals surface area contributed by atoms with Crippen molar-refractivity contribution >= 4 is 5.91 Å². The minimum Gasteiger partial charge on any atom is -0.394 e. The van der Waals surface area contributed by atoms with Crippen molar-refractivity contribution in [3.63, 3.8) is 0 Å². The van der Waals surface area contributed by atoms with Gasteiger partial charge in [-0.25, -0.2) is 0 Å². The summed E-state index contributed by atoms with van der Waals surface area (Å²) in [6.07, 6.45) is 7.27. The average molecular weight is 1010 g/mol. The van der Waals surface area contributed by atoms with Gasteiger partial charge in [0, 0.05) is 6.42 Å². The molecule has 3 aliphatic rings. The molecule has 0 spiro atoms. The van der Waals surface area contributed by atoms with Crippen molar-refractivity contribution in [2.45, 2.75) is 253 Å². The largest absolute Gasteiger partial charge is 0.394 e. The first-order chi connectivity index (χ1) is 33.8. The lowest BCUT2D eigenvalue weighted by molar-refractivity contribution is -0.379. The highest BCUT2D eigenvalue weighted by Crippen LogP contribution is 2.33. The van der Waals surface area contributed by atoms with Gasteiger partial charge >= 0.3 is 0 Å². The molecule has 3 saturated heterocycles. The van der Waals surface area contributed by atoms with Crippen LogP contribution in [0.3, 0.4) is 0 Å². The summed E-state index contributed by atoms with van der Waals surface area (Å²) >= 11 is 0. The van der Waals surface area contributed by atoms with Gasteiger partial charge in [0.1, 0.15) is 73.2 Å². The fraction of sp³-hybridized carbons (Fsp3) is 0.863. The third kappa shape index (κ3) is 21.5. The summed E-state index contributed by atoms with van der Waals surface area (Å²) in [5.74, 6) is -0.295. The predicted octanol–water partition coefficient (Wildman–Crippen LogP) is 2.20. The second-order valence-electron chi connectivity index (χ2n) is 19.0. The third-order valence-corrected chi connectivity index (χ3v) is 13.2. The van der Waals surface area contributed by atoms with E-state index < -0.39 is 124 Å². The first-order valence-corrected chi connectivity index (χ1v) is 26.2. The number of rotatable bonds is 36. The van der Waals surface area contributed by atoms with Crippen LogP contribution in [0.1, 0.15) is 149 Å². The first-order valence-electron chi connectivity index (χ1n) is 26.2. The highest BCUT2D eigenvalue weighted by atomic mass is 16.8. The van der Waals surface area contributed by atoms with Gasteiger partial charge < -0.3 is 89.9 Å². The summed E-state index contributed by atoms with van der Waals surface area (Å²) in [6, 6.07) is -0.990. The number of carbonyl (C=O) groups excluding carboxylic acids is 1. The number of aliphatic hydroxyl groups is 11. The summed E-state index contributed by atoms with van der Waals surface area (Å²) in [5.41, 5.74) is 0. The standard InChI is InChI=1S/C51H91NO18/c1-3-5-7-9-11-13-15-16-17-18-19-20-22-24-26-28-35(56)34(52-39(57)29-27-25-23-21-14-12-10-8-6-4-2)33-65-49-45(63)42(60)47(37(31-54)67-49)70-51-46(64)43(61)48(38(32-55)68-51)69-50-44(62)41(59)40(58)36(30-53)66-50/h15-16,19-20,26,28,34-38,40-51,53-56,58-64H,3-14,17-18,21-25,27,29-33H2,1-2H3,(H,52,57)/b16-15+,20-19+,28-26+. The van der Waals surface area contributed by atoms with Crippen LogP contribution in [0.4, 0.5) is 0 Å². The SMILES string of the molecule is CCCCCCC/C=C/CC/C=C/CC/C=C/C(O)C(COC1OC(CO)C(OC2OC(CO)C(OC3OC(CO)C(O)C(O)C3O)C(O)C2O)C(O)C1O)NC(=O)CCCCCCCCCCCC. The Morgan fingerprint density at radius 2 is 0.914 bits per heavy atom. The lowest BCUT2D eigenvalue weighted by Crippen LogP contribution is -2.66. The molecule has 3 heterocycles. The molecule has 0 aromatic carbocycles. The van der Waals surface area contributed by atoms with Crippen LogP contribution in [0.15, 0.2) is 36.5 Å². The number of allylic oxidation sites excluding steroid dienone is 5. The molecule has 0 bridgehead atoms. The lowest BCUT2D eigenvalue weighted by Gasteiger charge is -2.48. The molecular formula is C51H91NO18. The van der Waals surface area contributed by atoms with E-state index in [4.69, 9.17) is 28.4 Å². The van der Waals surface area contributed by atoms with Crippen molar-refractivity contribution in [2.75, 3.05) is 26.4 Å². The number of hydrogen-bond acceptors (Lipinski definition) is 18. The van der Waals surface area contributed by atoms with Gasteiger partial charge in [-0.15, -0.1) is 0 Å². The molecule has 12 N–H and O–H groups in total. The number of hydrogen-bond donors (Lipinski definition) is 12. The van der Waals surface area contributed by atoms with E-state index in [0.29, 0.717) is 12.8 Å². The Bertz CT molecular complexity index is 1440. The van der Waals surface area contributed by atoms with E-state index in [1.807, 2.05) is 6.08 Å². The molecule has 0 aromatic heterocycles. The second kappa shape index (κ2) is 36.0. The minimum atomic E-state index is -1.98. The van der Waals surface area contributed by atoms with Gasteiger partial charge in [-0.3, -0.25) is 4.79 Å². The van der Waals surface area contributed by atoms with Crippen LogP contribution in [0, 0.1) is 0 Å². The van der Waals surface area contributed by atoms with Crippen LogP contribution < -0.4 is 5.32 Å². The average Bonchev–Trinajstić information content (AvgIpc) is 3.35. The van der Waals surface area contributed by atoms with Crippen LogP contribution >= 0.6 is 0 Å². The number of nitrogens with one attached hydrogen (secondary N) is 1. The van der Waals surface area contributed by atoms with Crippen molar-refractivity contribution in [1.29, 1.82) is 0 Å². The maximum absolute atomic E-state index is 13.2. The lowest BCUT2D eigenvalue weighted by atomic mass is 9.96. The number of ether oxygens (including phenoxy) is 6. The molecule has 3 fully saturated rings. The van der Waals surface area contributed by atoms with Crippen LogP contribution in [0.2, 0.25) is 0 Å². The van der Waals surface area contributed by atoms with E-state index in [1.54, 1.807) is 6.08 Å². The van der Waals surface area contributed by atoms with Crippen molar-refractivity contribution in [2.24, 2.45) is 0 Å². The monoisotopic (exact) mass is 1010 g/mol. The highest BCUT2D eigenvalue weighted by Gasteiger charge is 2.53. The molecule has 0 aliphatic carbocycles. The smallest absolute Gasteiger partial charge is 0.220 e. The number of amides is 1. The molecule has 70 heavy (non-hydrogen) atoms. The van der Waals surface area contributed by atoms with Crippen LogP contribution in [0.25, 0.3) is 0 Å². The van der Waals surface area contributed by atoms with E-state index in [-0.39, 0.29) is 18.9 Å². The van der Waals surface area contributed by atoms with E-state index in [1.165, 1.54) is 70.6 Å². The second-order valence-corrected chi connectivity index (χ2v) is 19.0. The van der Waals surface area contributed by atoms with Gasteiger partial charge in [-0.2, -0.15) is 0 Å². The van der Waals surface area contributed by atoms with Gasteiger partial charge in [0.05, 0.1) is 38.6 Å². The van der Waals surface area contributed by atoms with E-state index >= 15 is 0 Å². The van der Waals surface area contributed by atoms with E-state index in [9.17, 15) is 61.0 Å². The zero-order chi connectivity index (χ0) is 51.3. The Morgan fingerprint density at radius 1 is 0.500 bits per heavy atom. The highest BCUT2D eigenvalue weighted by molar-refractivity contribution is 5.76. The summed E-state index contributed by atoms with van der Waals surface area (Å²) in [4.78, 5) is 13.2. The van der Waals surface area contributed by atoms with E-state index in [0.717, 1.165) is 44.9 Å². The Labute approximate surface area is 415 Å². The molecular weight excluding hydrogens is 915 g/mol. The Balaban J connectivity index is 1.58. The molecule has 1 amide bonds. The zero-order valence-corrected chi connectivity index (χ0v) is 41.7. The zero-order valence-electron chi connectivity index (χ0n) is 41.7. The van der Waals surface area contributed by atoms with Crippen LogP contribution in [-0.4, -0.2) is 193 Å².